The van der Waals surface area contributed by atoms with Gasteiger partial charge < -0.3 is 15.0 Å². The Morgan fingerprint density at radius 2 is 1.89 bits per heavy atom. The lowest BCUT2D eigenvalue weighted by Crippen LogP contribution is -2.54. The van der Waals surface area contributed by atoms with Crippen LogP contribution in [0.2, 0.25) is 0 Å². The zero-order chi connectivity index (χ0) is 25.3. The predicted molar refractivity (Wildman–Crippen MR) is 136 cm³/mol. The standard InChI is InChI=1S/C27H37N5O4/c1-2-31-13-3-4-14-32(16-15-31)25(27(34)30-35)18-29-26(33)22-7-9-23(10-8-22)36-19-20-11-12-28-24(17-20)21-5-6-21/h7-12,17,21,25,35H,2-6,13-16,18-19H2,1H3,(H,29,33)(H,30,34). The molecule has 1 aromatic carbocycles. The monoisotopic (exact) mass is 495 g/mol. The molecule has 4 rings (SSSR count). The van der Waals surface area contributed by atoms with Crippen LogP contribution in [0.1, 0.15) is 60.1 Å². The van der Waals surface area contributed by atoms with Gasteiger partial charge in [0.1, 0.15) is 18.4 Å². The Labute approximate surface area is 212 Å². The first-order chi connectivity index (χ1) is 17.6. The van der Waals surface area contributed by atoms with E-state index in [0.717, 1.165) is 50.3 Å². The SMILES string of the molecule is CCN1CCCCN(C(CNC(=O)c2ccc(OCc3ccnc(C4CC4)c3)cc2)C(=O)NO)CC1. The fourth-order valence-electron chi connectivity index (χ4n) is 4.58. The normalized spacial score (nSPS) is 18.1. The maximum absolute atomic E-state index is 12.8. The number of likely N-dealkylation sites (N-methyl/N-ethyl adjacent to an activating group) is 1. The number of hydroxylamine groups is 1. The quantitative estimate of drug-likeness (QED) is 0.344. The number of carbonyl (C=O) groups excluding carboxylic acids is 2. The molecule has 0 bridgehead atoms. The van der Waals surface area contributed by atoms with Gasteiger partial charge in [-0.15, -0.1) is 0 Å². The molecule has 1 aliphatic carbocycles. The number of ether oxygens (including phenoxy) is 1. The summed E-state index contributed by atoms with van der Waals surface area (Å²) in [4.78, 5) is 34.0. The molecule has 2 fully saturated rings. The summed E-state index contributed by atoms with van der Waals surface area (Å²) >= 11 is 0. The van der Waals surface area contributed by atoms with Gasteiger partial charge in [-0.3, -0.25) is 24.7 Å². The van der Waals surface area contributed by atoms with Gasteiger partial charge in [0, 0.05) is 43.0 Å². The highest BCUT2D eigenvalue weighted by molar-refractivity contribution is 5.94. The Kier molecular flexibility index (Phi) is 9.27. The highest BCUT2D eigenvalue weighted by Gasteiger charge is 2.28. The average Bonchev–Trinajstić information content (AvgIpc) is 3.74. The molecule has 194 valence electrons. The Morgan fingerprint density at radius 3 is 2.61 bits per heavy atom. The van der Waals surface area contributed by atoms with E-state index < -0.39 is 11.9 Å². The minimum absolute atomic E-state index is 0.112. The zero-order valence-electron chi connectivity index (χ0n) is 21.0. The molecule has 1 unspecified atom stereocenters. The van der Waals surface area contributed by atoms with Crippen LogP contribution in [0.5, 0.6) is 5.75 Å². The van der Waals surface area contributed by atoms with E-state index in [0.29, 0.717) is 30.4 Å². The second kappa shape index (κ2) is 12.8. The highest BCUT2D eigenvalue weighted by atomic mass is 16.5. The average molecular weight is 496 g/mol. The molecular weight excluding hydrogens is 458 g/mol. The van der Waals surface area contributed by atoms with E-state index in [1.807, 2.05) is 17.2 Å². The maximum atomic E-state index is 12.8. The lowest BCUT2D eigenvalue weighted by Gasteiger charge is -2.34. The molecule has 0 radical (unpaired) electrons. The van der Waals surface area contributed by atoms with Crippen LogP contribution in [0.4, 0.5) is 0 Å². The van der Waals surface area contributed by atoms with Crippen molar-refractivity contribution in [2.75, 3.05) is 39.3 Å². The van der Waals surface area contributed by atoms with Crippen LogP contribution in [0, 0.1) is 0 Å². The summed E-state index contributed by atoms with van der Waals surface area (Å²) in [6, 6.07) is 10.4. The molecule has 0 spiro atoms. The Bertz CT molecular complexity index is 1010. The number of nitrogens with one attached hydrogen (secondary N) is 2. The van der Waals surface area contributed by atoms with E-state index in [1.165, 1.54) is 12.8 Å². The van der Waals surface area contributed by atoms with Crippen molar-refractivity contribution in [3.05, 3.63) is 59.4 Å². The molecule has 1 aliphatic heterocycles. The molecule has 3 N–H and O–H groups in total. The Balaban J connectivity index is 1.30. The zero-order valence-corrected chi connectivity index (χ0v) is 21.0. The summed E-state index contributed by atoms with van der Waals surface area (Å²) in [5.41, 5.74) is 4.46. The molecule has 2 aromatic rings. The van der Waals surface area contributed by atoms with Gasteiger partial charge in [-0.1, -0.05) is 6.92 Å². The molecule has 2 heterocycles. The molecule has 2 amide bonds. The maximum Gasteiger partial charge on any atom is 0.262 e. The first-order valence-corrected chi connectivity index (χ1v) is 12.9. The largest absolute Gasteiger partial charge is 0.489 e. The van der Waals surface area contributed by atoms with Crippen LogP contribution in [0.25, 0.3) is 0 Å². The van der Waals surface area contributed by atoms with E-state index in [9.17, 15) is 14.8 Å². The number of amides is 2. The number of hydrogen-bond acceptors (Lipinski definition) is 7. The number of hydrogen-bond donors (Lipinski definition) is 3. The summed E-state index contributed by atoms with van der Waals surface area (Å²) < 4.78 is 5.89. The van der Waals surface area contributed by atoms with E-state index >= 15 is 0 Å². The van der Waals surface area contributed by atoms with Crippen molar-refractivity contribution < 1.29 is 19.5 Å². The van der Waals surface area contributed by atoms with E-state index in [-0.39, 0.29) is 12.5 Å². The van der Waals surface area contributed by atoms with Crippen LogP contribution >= 0.6 is 0 Å². The highest BCUT2D eigenvalue weighted by Crippen LogP contribution is 2.39. The number of benzene rings is 1. The Hall–Kier alpha value is -3.01. The number of nitrogens with zero attached hydrogens (tertiary/aromatic N) is 3. The molecule has 1 saturated heterocycles. The number of rotatable bonds is 10. The van der Waals surface area contributed by atoms with Crippen molar-refractivity contribution in [1.82, 2.24) is 25.6 Å². The summed E-state index contributed by atoms with van der Waals surface area (Å²) in [5.74, 6) is 0.488. The first kappa shape index (κ1) is 26.1. The van der Waals surface area contributed by atoms with Gasteiger partial charge in [0.15, 0.2) is 0 Å². The van der Waals surface area contributed by atoms with E-state index in [1.54, 1.807) is 29.7 Å². The van der Waals surface area contributed by atoms with Gasteiger partial charge in [-0.2, -0.15) is 0 Å². The minimum atomic E-state index is -0.640. The molecule has 2 aliphatic rings. The predicted octanol–water partition coefficient (Wildman–Crippen LogP) is 2.56. The number of pyridine rings is 1. The summed E-state index contributed by atoms with van der Waals surface area (Å²) in [5, 5.41) is 12.1. The van der Waals surface area contributed by atoms with Gasteiger partial charge in [0.25, 0.3) is 11.8 Å². The smallest absolute Gasteiger partial charge is 0.262 e. The topological polar surface area (TPSA) is 107 Å². The van der Waals surface area contributed by atoms with E-state index in [2.05, 4.69) is 28.2 Å². The van der Waals surface area contributed by atoms with Gasteiger partial charge in [0.05, 0.1) is 0 Å². The molecular formula is C27H37N5O4. The van der Waals surface area contributed by atoms with Crippen LogP contribution in [0.3, 0.4) is 0 Å². The molecule has 1 saturated carbocycles. The Morgan fingerprint density at radius 1 is 1.11 bits per heavy atom. The van der Waals surface area contributed by atoms with Gasteiger partial charge in [0.2, 0.25) is 0 Å². The molecule has 1 aromatic heterocycles. The lowest BCUT2D eigenvalue weighted by atomic mass is 10.1. The fourth-order valence-corrected chi connectivity index (χ4v) is 4.58. The van der Waals surface area contributed by atoms with Crippen molar-refractivity contribution in [3.63, 3.8) is 0 Å². The number of carbonyl (C=O) groups is 2. The number of aromatic nitrogens is 1. The van der Waals surface area contributed by atoms with Crippen LogP contribution in [0.15, 0.2) is 42.6 Å². The third kappa shape index (κ3) is 7.25. The third-order valence-corrected chi connectivity index (χ3v) is 6.99. The molecule has 36 heavy (non-hydrogen) atoms. The van der Waals surface area contributed by atoms with Crippen LogP contribution < -0.4 is 15.5 Å². The minimum Gasteiger partial charge on any atom is -0.489 e. The van der Waals surface area contributed by atoms with Crippen molar-refractivity contribution in [2.24, 2.45) is 0 Å². The van der Waals surface area contributed by atoms with Crippen LogP contribution in [-0.2, 0) is 11.4 Å². The first-order valence-electron chi connectivity index (χ1n) is 12.9. The van der Waals surface area contributed by atoms with Gasteiger partial charge in [-0.25, -0.2) is 5.48 Å². The molecule has 1 atom stereocenters. The molecule has 9 nitrogen and oxygen atoms in total. The lowest BCUT2D eigenvalue weighted by molar-refractivity contribution is -0.134. The van der Waals surface area contributed by atoms with Crippen molar-refractivity contribution >= 4 is 11.8 Å². The third-order valence-electron chi connectivity index (χ3n) is 6.99. The second-order valence-corrected chi connectivity index (χ2v) is 9.56. The summed E-state index contributed by atoms with van der Waals surface area (Å²) in [6.45, 7) is 7.00. The fraction of sp³-hybridized carbons (Fsp3) is 0.519. The second-order valence-electron chi connectivity index (χ2n) is 9.56. The van der Waals surface area contributed by atoms with Crippen molar-refractivity contribution in [3.8, 4) is 5.75 Å². The molecule has 9 heteroatoms. The van der Waals surface area contributed by atoms with Crippen molar-refractivity contribution in [1.29, 1.82) is 0 Å². The summed E-state index contributed by atoms with van der Waals surface area (Å²) in [7, 11) is 0. The van der Waals surface area contributed by atoms with E-state index in [4.69, 9.17) is 4.74 Å². The van der Waals surface area contributed by atoms with Gasteiger partial charge >= 0.3 is 0 Å². The van der Waals surface area contributed by atoms with Crippen molar-refractivity contribution in [2.45, 2.75) is 51.2 Å². The summed E-state index contributed by atoms with van der Waals surface area (Å²) in [6.07, 6.45) is 6.27. The van der Waals surface area contributed by atoms with Gasteiger partial charge in [-0.05, 0) is 87.3 Å². The van der Waals surface area contributed by atoms with Crippen LogP contribution in [-0.4, -0.2) is 77.1 Å².